The average molecular weight is 461 g/mol. The number of aliphatic hydroxyl groups is 2. The zero-order valence-electron chi connectivity index (χ0n) is 18.1. The highest BCUT2D eigenvalue weighted by molar-refractivity contribution is 5.61. The van der Waals surface area contributed by atoms with Gasteiger partial charge in [0.05, 0.1) is 19.4 Å². The lowest BCUT2D eigenvalue weighted by atomic mass is 10.1. The van der Waals surface area contributed by atoms with Crippen molar-refractivity contribution in [2.75, 3.05) is 38.3 Å². The molecule has 1 aromatic carbocycles. The SMILES string of the molecule is COc1cccc(-c2ccn(-c3cc(N4CCC(F)(F)CC4)nc(OCC(O)CO)n3)n2)c1. The average Bonchev–Trinajstić information content (AvgIpc) is 3.33. The van der Waals surface area contributed by atoms with E-state index in [0.29, 0.717) is 23.1 Å². The molecule has 1 unspecified atom stereocenters. The van der Waals surface area contributed by atoms with Crippen LogP contribution in [0.3, 0.4) is 0 Å². The first-order chi connectivity index (χ1) is 15.9. The monoisotopic (exact) mass is 461 g/mol. The molecule has 1 aliphatic heterocycles. The topological polar surface area (TPSA) is 106 Å². The second-order valence-corrected chi connectivity index (χ2v) is 7.73. The van der Waals surface area contributed by atoms with Gasteiger partial charge in [-0.25, -0.2) is 13.5 Å². The second-order valence-electron chi connectivity index (χ2n) is 7.73. The molecule has 11 heteroatoms. The molecule has 1 saturated heterocycles. The highest BCUT2D eigenvalue weighted by Crippen LogP contribution is 2.31. The molecule has 1 fully saturated rings. The van der Waals surface area contributed by atoms with E-state index < -0.39 is 18.6 Å². The number of piperidine rings is 1. The molecule has 176 valence electrons. The maximum atomic E-state index is 13.6. The maximum Gasteiger partial charge on any atom is 0.320 e. The molecule has 3 heterocycles. The lowest BCUT2D eigenvalue weighted by molar-refractivity contribution is -0.0221. The van der Waals surface area contributed by atoms with Crippen molar-refractivity contribution in [2.24, 2.45) is 0 Å². The van der Waals surface area contributed by atoms with Crippen LogP contribution in [-0.4, -0.2) is 75.4 Å². The molecule has 9 nitrogen and oxygen atoms in total. The Hall–Kier alpha value is -3.31. The Balaban J connectivity index is 1.64. The van der Waals surface area contributed by atoms with Gasteiger partial charge in [-0.1, -0.05) is 12.1 Å². The predicted molar refractivity (Wildman–Crippen MR) is 116 cm³/mol. The predicted octanol–water partition coefficient (Wildman–Crippen LogP) is 2.31. The van der Waals surface area contributed by atoms with E-state index in [1.54, 1.807) is 24.3 Å². The first-order valence-corrected chi connectivity index (χ1v) is 10.5. The zero-order valence-corrected chi connectivity index (χ0v) is 18.1. The van der Waals surface area contributed by atoms with Gasteiger partial charge in [-0.2, -0.15) is 15.1 Å². The Morgan fingerprint density at radius 3 is 2.61 bits per heavy atom. The molecule has 1 atom stereocenters. The molecule has 1 aliphatic rings. The van der Waals surface area contributed by atoms with Gasteiger partial charge in [0, 0.05) is 43.8 Å². The third-order valence-corrected chi connectivity index (χ3v) is 5.30. The Bertz CT molecular complexity index is 1080. The molecule has 0 radical (unpaired) electrons. The lowest BCUT2D eigenvalue weighted by Gasteiger charge is -2.32. The van der Waals surface area contributed by atoms with Gasteiger partial charge in [0.2, 0.25) is 0 Å². The van der Waals surface area contributed by atoms with Crippen molar-refractivity contribution in [1.82, 2.24) is 19.7 Å². The fraction of sp³-hybridized carbons (Fsp3) is 0.409. The van der Waals surface area contributed by atoms with E-state index in [1.807, 2.05) is 30.3 Å². The van der Waals surface area contributed by atoms with Crippen molar-refractivity contribution in [3.05, 3.63) is 42.6 Å². The summed E-state index contributed by atoms with van der Waals surface area (Å²) in [6, 6.07) is 10.9. The first kappa shape index (κ1) is 22.9. The molecule has 0 spiro atoms. The lowest BCUT2D eigenvalue weighted by Crippen LogP contribution is -2.39. The molecule has 0 aliphatic carbocycles. The number of nitrogens with zero attached hydrogens (tertiary/aromatic N) is 5. The summed E-state index contributed by atoms with van der Waals surface area (Å²) < 4.78 is 39.5. The van der Waals surface area contributed by atoms with Crippen LogP contribution in [0.15, 0.2) is 42.6 Å². The van der Waals surface area contributed by atoms with Crippen molar-refractivity contribution < 1.29 is 28.5 Å². The standard InChI is InChI=1S/C22H25F2N5O4/c1-32-17-4-2-3-15(11-17)18-5-8-29(27-18)20-12-19(28-9-6-22(23,24)7-10-28)25-21(26-20)33-14-16(31)13-30/h2-5,8,11-12,16,30-31H,6-7,9-10,13-14H2,1H3. The summed E-state index contributed by atoms with van der Waals surface area (Å²) in [6.07, 6.45) is 0.0808. The fourth-order valence-electron chi connectivity index (χ4n) is 3.42. The van der Waals surface area contributed by atoms with E-state index in [9.17, 15) is 13.9 Å². The van der Waals surface area contributed by atoms with Crippen molar-refractivity contribution in [2.45, 2.75) is 24.9 Å². The van der Waals surface area contributed by atoms with Crippen molar-refractivity contribution >= 4 is 5.82 Å². The van der Waals surface area contributed by atoms with Crippen LogP contribution in [0.5, 0.6) is 11.8 Å². The van der Waals surface area contributed by atoms with Crippen molar-refractivity contribution in [1.29, 1.82) is 0 Å². The summed E-state index contributed by atoms with van der Waals surface area (Å²) in [5, 5.41) is 23.2. The Labute approximate surface area is 189 Å². The Kier molecular flexibility index (Phi) is 6.70. The van der Waals surface area contributed by atoms with Crippen LogP contribution < -0.4 is 14.4 Å². The zero-order chi connectivity index (χ0) is 23.4. The number of halogens is 2. The minimum Gasteiger partial charge on any atom is -0.497 e. The first-order valence-electron chi connectivity index (χ1n) is 10.5. The number of rotatable bonds is 8. The smallest absolute Gasteiger partial charge is 0.320 e. The fourth-order valence-corrected chi connectivity index (χ4v) is 3.42. The van der Waals surface area contributed by atoms with E-state index >= 15 is 0 Å². The molecule has 3 aromatic rings. The minimum absolute atomic E-state index is 0.0502. The Morgan fingerprint density at radius 2 is 1.88 bits per heavy atom. The molecular formula is C22H25F2N5O4. The highest BCUT2D eigenvalue weighted by atomic mass is 19.3. The van der Waals surface area contributed by atoms with Crippen LogP contribution in [-0.2, 0) is 0 Å². The van der Waals surface area contributed by atoms with Crippen LogP contribution in [0, 0.1) is 0 Å². The van der Waals surface area contributed by atoms with E-state index in [0.717, 1.165) is 5.56 Å². The summed E-state index contributed by atoms with van der Waals surface area (Å²) >= 11 is 0. The summed E-state index contributed by atoms with van der Waals surface area (Å²) in [5.41, 5.74) is 1.54. The summed E-state index contributed by atoms with van der Waals surface area (Å²) in [6.45, 7) is -0.422. The van der Waals surface area contributed by atoms with Crippen LogP contribution in [0.2, 0.25) is 0 Å². The summed E-state index contributed by atoms with van der Waals surface area (Å²) in [5.74, 6) is -1.20. The third-order valence-electron chi connectivity index (χ3n) is 5.30. The number of alkyl halides is 2. The molecule has 4 rings (SSSR count). The largest absolute Gasteiger partial charge is 0.497 e. The number of ether oxygens (including phenoxy) is 2. The van der Waals surface area contributed by atoms with Gasteiger partial charge in [0.15, 0.2) is 5.82 Å². The quantitative estimate of drug-likeness (QED) is 0.527. The molecular weight excluding hydrogens is 436 g/mol. The van der Waals surface area contributed by atoms with Crippen LogP contribution in [0.25, 0.3) is 17.1 Å². The van der Waals surface area contributed by atoms with Gasteiger partial charge >= 0.3 is 6.01 Å². The van der Waals surface area contributed by atoms with E-state index in [4.69, 9.17) is 14.6 Å². The molecule has 0 bridgehead atoms. The van der Waals surface area contributed by atoms with Gasteiger partial charge in [0.1, 0.15) is 24.3 Å². The molecule has 2 N–H and O–H groups in total. The van der Waals surface area contributed by atoms with Crippen molar-refractivity contribution in [3.63, 3.8) is 0 Å². The van der Waals surface area contributed by atoms with Crippen LogP contribution >= 0.6 is 0 Å². The van der Waals surface area contributed by atoms with Gasteiger partial charge in [0.25, 0.3) is 5.92 Å². The number of hydrogen-bond donors (Lipinski definition) is 2. The third kappa shape index (κ3) is 5.55. The maximum absolute atomic E-state index is 13.6. The van der Waals surface area contributed by atoms with E-state index in [1.165, 1.54) is 4.68 Å². The van der Waals surface area contributed by atoms with Gasteiger partial charge in [-0.05, 0) is 18.2 Å². The number of methoxy groups -OCH3 is 1. The normalized spacial score (nSPS) is 16.5. The van der Waals surface area contributed by atoms with Crippen molar-refractivity contribution in [3.8, 4) is 28.8 Å². The van der Waals surface area contributed by atoms with Gasteiger partial charge < -0.3 is 24.6 Å². The molecule has 0 amide bonds. The highest BCUT2D eigenvalue weighted by Gasteiger charge is 2.34. The summed E-state index contributed by atoms with van der Waals surface area (Å²) in [4.78, 5) is 10.4. The summed E-state index contributed by atoms with van der Waals surface area (Å²) in [7, 11) is 1.59. The molecule has 0 saturated carbocycles. The number of aliphatic hydroxyl groups excluding tert-OH is 2. The number of aromatic nitrogens is 4. The number of hydrogen-bond acceptors (Lipinski definition) is 8. The van der Waals surface area contributed by atoms with E-state index in [2.05, 4.69) is 15.1 Å². The van der Waals surface area contributed by atoms with Crippen LogP contribution in [0.1, 0.15) is 12.8 Å². The number of benzene rings is 1. The second kappa shape index (κ2) is 9.67. The van der Waals surface area contributed by atoms with E-state index in [-0.39, 0.29) is 38.5 Å². The molecule has 33 heavy (non-hydrogen) atoms. The van der Waals surface area contributed by atoms with Gasteiger partial charge in [-0.15, -0.1) is 0 Å². The minimum atomic E-state index is -2.69. The van der Waals surface area contributed by atoms with Crippen LogP contribution in [0.4, 0.5) is 14.6 Å². The Morgan fingerprint density at radius 1 is 1.12 bits per heavy atom. The van der Waals surface area contributed by atoms with Gasteiger partial charge in [-0.3, -0.25) is 0 Å². The molecule has 2 aromatic heterocycles. The number of anilines is 1.